The number of hydrogen-bond acceptors (Lipinski definition) is 3. The number of likely N-dealkylation sites (tertiary alicyclic amines) is 1. The van der Waals surface area contributed by atoms with Crippen molar-refractivity contribution in [3.05, 3.63) is 100 Å². The monoisotopic (exact) mass is 552 g/mol. The summed E-state index contributed by atoms with van der Waals surface area (Å²) in [5, 5.41) is 3.16. The molecule has 1 fully saturated rings. The van der Waals surface area contributed by atoms with Crippen LogP contribution in [0.15, 0.2) is 72.8 Å². The van der Waals surface area contributed by atoms with Crippen LogP contribution in [-0.4, -0.2) is 28.7 Å². The molecule has 1 aliphatic heterocycles. The summed E-state index contributed by atoms with van der Waals surface area (Å²) in [7, 11) is 0. The Hall–Kier alpha value is -2.86. The van der Waals surface area contributed by atoms with Crippen LogP contribution in [0.5, 0.6) is 0 Å². The summed E-state index contributed by atoms with van der Waals surface area (Å²) in [6, 6.07) is 20.6. The van der Waals surface area contributed by atoms with Gasteiger partial charge in [0.25, 0.3) is 0 Å². The Kier molecular flexibility index (Phi) is 5.50. The molecule has 0 spiro atoms. The second kappa shape index (κ2) is 8.32. The van der Waals surface area contributed by atoms with E-state index in [9.17, 15) is 14.4 Å². The zero-order valence-corrected chi connectivity index (χ0v) is 22.3. The lowest BCUT2D eigenvalue weighted by molar-refractivity contribution is -0.148. The van der Waals surface area contributed by atoms with Gasteiger partial charge in [-0.1, -0.05) is 86.1 Å². The van der Waals surface area contributed by atoms with Crippen molar-refractivity contribution in [1.82, 2.24) is 4.90 Å². The predicted octanol–water partition coefficient (Wildman–Crippen LogP) is 5.90. The van der Waals surface area contributed by atoms with Gasteiger partial charge in [-0.15, -0.1) is 23.2 Å². The molecule has 3 aromatic rings. The van der Waals surface area contributed by atoms with Crippen molar-refractivity contribution >= 4 is 58.2 Å². The number of alkyl halides is 2. The predicted molar refractivity (Wildman–Crippen MR) is 144 cm³/mol. The van der Waals surface area contributed by atoms with Gasteiger partial charge in [0.05, 0.1) is 22.5 Å². The van der Waals surface area contributed by atoms with Crippen LogP contribution in [0.25, 0.3) is 0 Å². The van der Waals surface area contributed by atoms with Crippen LogP contribution in [0, 0.1) is 17.8 Å². The fourth-order valence-electron chi connectivity index (χ4n) is 6.45. The number of benzene rings is 3. The van der Waals surface area contributed by atoms with E-state index in [-0.39, 0.29) is 5.92 Å². The van der Waals surface area contributed by atoms with Crippen LogP contribution >= 0.6 is 34.8 Å². The highest BCUT2D eigenvalue weighted by atomic mass is 35.5. The average Bonchev–Trinajstić information content (AvgIpc) is 3.15. The van der Waals surface area contributed by atoms with Crippen molar-refractivity contribution < 1.29 is 14.4 Å². The molecule has 1 N–H and O–H groups in total. The van der Waals surface area contributed by atoms with Gasteiger partial charge in [-0.2, -0.15) is 0 Å². The third-order valence-electron chi connectivity index (χ3n) is 7.93. The molecular weight excluding hydrogens is 531 g/mol. The number of nitrogens with one attached hydrogen (secondary N) is 1. The molecule has 4 aliphatic rings. The maximum absolute atomic E-state index is 14.2. The van der Waals surface area contributed by atoms with Gasteiger partial charge < -0.3 is 5.32 Å². The quantitative estimate of drug-likeness (QED) is 0.323. The van der Waals surface area contributed by atoms with Gasteiger partial charge >= 0.3 is 0 Å². The molecule has 7 rings (SSSR count). The van der Waals surface area contributed by atoms with Gasteiger partial charge in [-0.3, -0.25) is 19.3 Å². The maximum Gasteiger partial charge on any atom is 0.247 e. The first-order valence-electron chi connectivity index (χ1n) is 12.1. The fourth-order valence-corrected chi connectivity index (χ4v) is 7.73. The summed E-state index contributed by atoms with van der Waals surface area (Å²) in [6.07, 6.45) is 0. The molecule has 0 aromatic heterocycles. The number of rotatable bonds is 4. The first-order valence-corrected chi connectivity index (χ1v) is 13.3. The van der Waals surface area contributed by atoms with Crippen LogP contribution in [-0.2, 0) is 24.1 Å². The number of hydrogen-bond donors (Lipinski definition) is 1. The van der Waals surface area contributed by atoms with Gasteiger partial charge in [0.1, 0.15) is 15.8 Å². The van der Waals surface area contributed by atoms with Crippen molar-refractivity contribution in [3.63, 3.8) is 0 Å². The Balaban J connectivity index is 1.50. The minimum Gasteiger partial charge on any atom is -0.323 e. The lowest BCUT2D eigenvalue weighted by atomic mass is 9.54. The summed E-state index contributed by atoms with van der Waals surface area (Å²) in [4.78, 5) is 40.6. The zero-order valence-electron chi connectivity index (χ0n) is 20.0. The topological polar surface area (TPSA) is 66.5 Å². The van der Waals surface area contributed by atoms with Crippen LogP contribution < -0.4 is 5.32 Å². The Morgan fingerprint density at radius 1 is 0.784 bits per heavy atom. The van der Waals surface area contributed by atoms with Crippen LogP contribution in [0.4, 0.5) is 5.69 Å². The Morgan fingerprint density at radius 2 is 1.19 bits per heavy atom. The summed E-state index contributed by atoms with van der Waals surface area (Å²) in [6.45, 7) is 3.59. The van der Waals surface area contributed by atoms with Crippen molar-refractivity contribution in [3.8, 4) is 0 Å². The van der Waals surface area contributed by atoms with E-state index in [0.29, 0.717) is 10.7 Å². The van der Waals surface area contributed by atoms with E-state index in [1.807, 2.05) is 48.5 Å². The fraction of sp³-hybridized carbons (Fsp3) is 0.276. The largest absolute Gasteiger partial charge is 0.323 e. The summed E-state index contributed by atoms with van der Waals surface area (Å²) in [5.41, 5.74) is 3.28. The number of carbonyl (C=O) groups excluding carboxylic acids is 3. The third kappa shape index (κ3) is 3.08. The number of anilines is 1. The molecular formula is C29H23Cl3N2O3. The number of imide groups is 1. The first kappa shape index (κ1) is 24.5. The minimum atomic E-state index is -1.29. The number of para-hydroxylation sites is 1. The molecule has 2 bridgehead atoms. The summed E-state index contributed by atoms with van der Waals surface area (Å²) in [5.74, 6) is -3.79. The molecule has 3 aromatic carbocycles. The van der Waals surface area contributed by atoms with E-state index in [2.05, 4.69) is 5.32 Å². The summed E-state index contributed by atoms with van der Waals surface area (Å²) >= 11 is 21.2. The molecule has 5 nitrogen and oxygen atoms in total. The average molecular weight is 554 g/mol. The third-order valence-corrected chi connectivity index (χ3v) is 9.54. The molecule has 1 saturated heterocycles. The summed E-state index contributed by atoms with van der Waals surface area (Å²) < 4.78 is 0. The van der Waals surface area contributed by atoms with Crippen molar-refractivity contribution in [2.45, 2.75) is 29.6 Å². The number of amides is 3. The standard InChI is InChI=1S/C29H23Cl3N2O3/c1-15(2)24(25(35)33-21-14-8-7-13-20(21)30)34-26(36)22-23(27(34)37)29(32)17-10-4-3-9-16(17)28(22,31)18-11-5-6-12-19(18)29/h3-15,22-24H,1-2H3,(H,33,35)/t22-,23+,24-,28?,29?/m0/s1. The van der Waals surface area contributed by atoms with Crippen molar-refractivity contribution in [1.29, 1.82) is 0 Å². The Morgan fingerprint density at radius 3 is 1.59 bits per heavy atom. The van der Waals surface area contributed by atoms with Gasteiger partial charge in [-0.05, 0) is 40.3 Å². The molecule has 3 aliphatic carbocycles. The van der Waals surface area contributed by atoms with Gasteiger partial charge in [0.2, 0.25) is 17.7 Å². The van der Waals surface area contributed by atoms with Crippen LogP contribution in [0.1, 0.15) is 36.1 Å². The molecule has 0 radical (unpaired) electrons. The highest BCUT2D eigenvalue weighted by Gasteiger charge is 2.73. The number of carbonyl (C=O) groups is 3. The molecule has 8 heteroatoms. The molecule has 0 saturated carbocycles. The van der Waals surface area contributed by atoms with E-state index in [0.717, 1.165) is 27.2 Å². The highest BCUT2D eigenvalue weighted by molar-refractivity contribution is 6.36. The second-order valence-electron chi connectivity index (χ2n) is 10.2. The molecule has 0 unspecified atom stereocenters. The maximum atomic E-state index is 14.2. The highest BCUT2D eigenvalue weighted by Crippen LogP contribution is 2.69. The minimum absolute atomic E-state index is 0.356. The van der Waals surface area contributed by atoms with E-state index in [1.54, 1.807) is 38.1 Å². The number of nitrogens with zero attached hydrogens (tertiary/aromatic N) is 1. The smallest absolute Gasteiger partial charge is 0.247 e. The second-order valence-corrected chi connectivity index (χ2v) is 11.8. The van der Waals surface area contributed by atoms with Crippen LogP contribution in [0.3, 0.4) is 0 Å². The van der Waals surface area contributed by atoms with Gasteiger partial charge in [0.15, 0.2) is 0 Å². The molecule has 3 amide bonds. The Bertz CT molecular complexity index is 1360. The van der Waals surface area contributed by atoms with E-state index < -0.39 is 45.3 Å². The lowest BCUT2D eigenvalue weighted by Crippen LogP contribution is -2.57. The first-order chi connectivity index (χ1) is 17.6. The van der Waals surface area contributed by atoms with Crippen LogP contribution in [0.2, 0.25) is 5.02 Å². The molecule has 188 valence electrons. The zero-order chi connectivity index (χ0) is 26.3. The lowest BCUT2D eigenvalue weighted by Gasteiger charge is -2.54. The normalized spacial score (nSPS) is 28.1. The number of halogens is 3. The van der Waals surface area contributed by atoms with Crippen molar-refractivity contribution in [2.75, 3.05) is 5.32 Å². The van der Waals surface area contributed by atoms with Gasteiger partial charge in [0, 0.05) is 0 Å². The van der Waals surface area contributed by atoms with E-state index >= 15 is 0 Å². The van der Waals surface area contributed by atoms with Crippen molar-refractivity contribution in [2.24, 2.45) is 17.8 Å². The Labute approximate surface area is 229 Å². The SMILES string of the molecule is CC(C)[C@@H](C(=O)Nc1ccccc1Cl)N1C(=O)[C@@H]2[C@H](C1=O)C1(Cl)c3ccccc3C2(Cl)c2ccccc21. The van der Waals surface area contributed by atoms with E-state index in [4.69, 9.17) is 34.8 Å². The van der Waals surface area contributed by atoms with Gasteiger partial charge in [-0.25, -0.2) is 0 Å². The molecule has 3 atom stereocenters. The molecule has 1 heterocycles. The molecule has 37 heavy (non-hydrogen) atoms. The van der Waals surface area contributed by atoms with E-state index in [1.165, 1.54) is 0 Å².